The van der Waals surface area contributed by atoms with Crippen LogP contribution in [0.5, 0.6) is 0 Å². The number of hydrogen-bond acceptors (Lipinski definition) is 3. The minimum atomic E-state index is -0.744. The number of nitrogens with one attached hydrogen (secondary N) is 3. The van der Waals surface area contributed by atoms with Crippen LogP contribution in [0, 0.1) is 0 Å². The molecule has 0 unspecified atom stereocenters. The topological polar surface area (TPSA) is 87.3 Å². The number of hydrogen-bond donors (Lipinski definition) is 3. The zero-order valence-corrected chi connectivity index (χ0v) is 12.9. The normalized spacial score (nSPS) is 16.4. The van der Waals surface area contributed by atoms with Gasteiger partial charge in [-0.1, -0.05) is 30.3 Å². The Balaban J connectivity index is 1.61. The standard InChI is InChI=1S/C18H17N3O3/c22-16(19-12-6-2-1-3-7-12)11-10-15-18(24)20-14-9-5-4-8-13(14)17(23)21-15/h1-9,15H,10-11H2,(H,19,22)(H,20,24)(H,21,23)/t15-/m1/s1. The average Bonchev–Trinajstić information content (AvgIpc) is 2.71. The third-order valence-corrected chi connectivity index (χ3v) is 3.77. The molecular weight excluding hydrogens is 306 g/mol. The molecule has 2 aromatic carbocycles. The van der Waals surface area contributed by atoms with E-state index in [9.17, 15) is 14.4 Å². The maximum absolute atomic E-state index is 12.2. The van der Waals surface area contributed by atoms with Gasteiger partial charge in [0.2, 0.25) is 11.8 Å². The summed E-state index contributed by atoms with van der Waals surface area (Å²) in [5.41, 5.74) is 1.60. The van der Waals surface area contributed by atoms with Crippen molar-refractivity contribution < 1.29 is 14.4 Å². The fourth-order valence-corrected chi connectivity index (χ4v) is 2.54. The molecule has 0 aliphatic carbocycles. The van der Waals surface area contributed by atoms with Crippen molar-refractivity contribution in [1.29, 1.82) is 0 Å². The van der Waals surface area contributed by atoms with Gasteiger partial charge in [-0.25, -0.2) is 0 Å². The highest BCUT2D eigenvalue weighted by molar-refractivity contribution is 6.09. The zero-order chi connectivity index (χ0) is 16.9. The molecule has 122 valence electrons. The first-order valence-corrected chi connectivity index (χ1v) is 7.69. The molecule has 6 nitrogen and oxygen atoms in total. The zero-order valence-electron chi connectivity index (χ0n) is 12.9. The van der Waals surface area contributed by atoms with Crippen molar-refractivity contribution in [2.45, 2.75) is 18.9 Å². The second-order valence-electron chi connectivity index (χ2n) is 5.51. The predicted molar refractivity (Wildman–Crippen MR) is 90.6 cm³/mol. The van der Waals surface area contributed by atoms with Gasteiger partial charge >= 0.3 is 0 Å². The van der Waals surface area contributed by atoms with Crippen LogP contribution >= 0.6 is 0 Å². The smallest absolute Gasteiger partial charge is 0.254 e. The number of benzene rings is 2. The summed E-state index contributed by atoms with van der Waals surface area (Å²) >= 11 is 0. The minimum absolute atomic E-state index is 0.129. The van der Waals surface area contributed by atoms with Gasteiger partial charge in [0.25, 0.3) is 5.91 Å². The van der Waals surface area contributed by atoms with Crippen molar-refractivity contribution in [3.8, 4) is 0 Å². The molecule has 1 heterocycles. The van der Waals surface area contributed by atoms with Crippen LogP contribution in [-0.4, -0.2) is 23.8 Å². The molecule has 0 fully saturated rings. The van der Waals surface area contributed by atoms with E-state index in [0.29, 0.717) is 16.9 Å². The molecule has 0 spiro atoms. The van der Waals surface area contributed by atoms with Crippen molar-refractivity contribution >= 4 is 29.1 Å². The van der Waals surface area contributed by atoms with Crippen LogP contribution in [0.3, 0.4) is 0 Å². The van der Waals surface area contributed by atoms with Crippen LogP contribution in [-0.2, 0) is 9.59 Å². The van der Waals surface area contributed by atoms with Crippen LogP contribution in [0.25, 0.3) is 0 Å². The van der Waals surface area contributed by atoms with E-state index in [1.165, 1.54) is 0 Å². The van der Waals surface area contributed by atoms with Gasteiger partial charge in [-0.3, -0.25) is 14.4 Å². The molecule has 24 heavy (non-hydrogen) atoms. The lowest BCUT2D eigenvalue weighted by atomic mass is 10.1. The van der Waals surface area contributed by atoms with Gasteiger partial charge < -0.3 is 16.0 Å². The fraction of sp³-hybridized carbons (Fsp3) is 0.167. The molecule has 0 saturated carbocycles. The van der Waals surface area contributed by atoms with E-state index in [1.54, 1.807) is 36.4 Å². The van der Waals surface area contributed by atoms with Gasteiger partial charge in [0.1, 0.15) is 6.04 Å². The quantitative estimate of drug-likeness (QED) is 0.806. The molecule has 1 atom stereocenters. The molecule has 1 aliphatic rings. The van der Waals surface area contributed by atoms with Crippen molar-refractivity contribution in [3.05, 3.63) is 60.2 Å². The molecule has 1 aliphatic heterocycles. The number of para-hydroxylation sites is 2. The van der Waals surface area contributed by atoms with Gasteiger partial charge in [-0.05, 0) is 30.7 Å². The second-order valence-corrected chi connectivity index (χ2v) is 5.51. The first-order valence-electron chi connectivity index (χ1n) is 7.69. The molecule has 0 bridgehead atoms. The summed E-state index contributed by atoms with van der Waals surface area (Å²) in [5, 5.41) is 8.15. The molecule has 2 aromatic rings. The van der Waals surface area contributed by atoms with Crippen molar-refractivity contribution in [2.75, 3.05) is 10.6 Å². The highest BCUT2D eigenvalue weighted by atomic mass is 16.2. The third-order valence-electron chi connectivity index (χ3n) is 3.77. The van der Waals surface area contributed by atoms with E-state index >= 15 is 0 Å². The van der Waals surface area contributed by atoms with Crippen molar-refractivity contribution in [1.82, 2.24) is 5.32 Å². The van der Waals surface area contributed by atoms with Crippen LogP contribution in [0.2, 0.25) is 0 Å². The summed E-state index contributed by atoms with van der Waals surface area (Å²) in [6.07, 6.45) is 0.355. The summed E-state index contributed by atoms with van der Waals surface area (Å²) in [6.45, 7) is 0. The monoisotopic (exact) mass is 323 g/mol. The van der Waals surface area contributed by atoms with Gasteiger partial charge in [0, 0.05) is 12.1 Å². The Labute approximate surface area is 139 Å². The van der Waals surface area contributed by atoms with Gasteiger partial charge in [0.15, 0.2) is 0 Å². The van der Waals surface area contributed by atoms with Crippen molar-refractivity contribution in [3.63, 3.8) is 0 Å². The number of amides is 3. The van der Waals surface area contributed by atoms with E-state index in [1.807, 2.05) is 18.2 Å². The summed E-state index contributed by atoms with van der Waals surface area (Å²) in [7, 11) is 0. The molecule has 3 N–H and O–H groups in total. The summed E-state index contributed by atoms with van der Waals surface area (Å²) in [6, 6.07) is 15.1. The maximum Gasteiger partial charge on any atom is 0.254 e. The Morgan fingerprint density at radius 2 is 1.71 bits per heavy atom. The largest absolute Gasteiger partial charge is 0.340 e. The summed E-state index contributed by atoms with van der Waals surface area (Å²) < 4.78 is 0. The SMILES string of the molecule is O=C(CC[C@H]1NC(=O)c2ccccc2NC1=O)Nc1ccccc1. The Kier molecular flexibility index (Phi) is 4.56. The lowest BCUT2D eigenvalue weighted by Crippen LogP contribution is -2.41. The second kappa shape index (κ2) is 6.95. The summed E-state index contributed by atoms with van der Waals surface area (Å²) in [5.74, 6) is -0.844. The predicted octanol–water partition coefficient (Wildman–Crippen LogP) is 2.16. The number of carbonyl (C=O) groups excluding carboxylic acids is 3. The highest BCUT2D eigenvalue weighted by Gasteiger charge is 2.27. The number of carbonyl (C=O) groups is 3. The minimum Gasteiger partial charge on any atom is -0.340 e. The van der Waals surface area contributed by atoms with Crippen LogP contribution in [0.15, 0.2) is 54.6 Å². The molecule has 3 amide bonds. The first-order chi connectivity index (χ1) is 11.6. The Morgan fingerprint density at radius 1 is 1.00 bits per heavy atom. The molecule has 0 saturated heterocycles. The molecule has 0 radical (unpaired) electrons. The van der Waals surface area contributed by atoms with Gasteiger partial charge in [-0.2, -0.15) is 0 Å². The fourth-order valence-electron chi connectivity index (χ4n) is 2.54. The van der Waals surface area contributed by atoms with Gasteiger partial charge in [0.05, 0.1) is 11.3 Å². The Bertz CT molecular complexity index is 774. The highest BCUT2D eigenvalue weighted by Crippen LogP contribution is 2.19. The molecule has 6 heteroatoms. The van der Waals surface area contributed by atoms with Crippen LogP contribution in [0.1, 0.15) is 23.2 Å². The number of rotatable bonds is 4. The average molecular weight is 323 g/mol. The number of anilines is 2. The van der Waals surface area contributed by atoms with E-state index < -0.39 is 6.04 Å². The Hall–Kier alpha value is -3.15. The van der Waals surface area contributed by atoms with E-state index in [4.69, 9.17) is 0 Å². The lowest BCUT2D eigenvalue weighted by Gasteiger charge is -2.14. The summed E-state index contributed by atoms with van der Waals surface area (Å²) in [4.78, 5) is 36.4. The van der Waals surface area contributed by atoms with Crippen molar-refractivity contribution in [2.24, 2.45) is 0 Å². The first kappa shape index (κ1) is 15.7. The lowest BCUT2D eigenvalue weighted by molar-refractivity contribution is -0.118. The van der Waals surface area contributed by atoms with Gasteiger partial charge in [-0.15, -0.1) is 0 Å². The van der Waals surface area contributed by atoms with E-state index in [-0.39, 0.29) is 30.6 Å². The number of fused-ring (bicyclic) bond motifs is 1. The molecular formula is C18H17N3O3. The van der Waals surface area contributed by atoms with Crippen LogP contribution in [0.4, 0.5) is 11.4 Å². The Morgan fingerprint density at radius 3 is 2.50 bits per heavy atom. The van der Waals surface area contributed by atoms with E-state index in [0.717, 1.165) is 0 Å². The van der Waals surface area contributed by atoms with E-state index in [2.05, 4.69) is 16.0 Å². The maximum atomic E-state index is 12.2. The molecule has 0 aromatic heterocycles. The van der Waals surface area contributed by atoms with Crippen LogP contribution < -0.4 is 16.0 Å². The molecule has 3 rings (SSSR count). The third kappa shape index (κ3) is 3.60.